The minimum atomic E-state index is 0.363. The average Bonchev–Trinajstić information content (AvgIpc) is 2.64. The number of nitrogens with zero attached hydrogens (tertiary/aromatic N) is 2. The fourth-order valence-corrected chi connectivity index (χ4v) is 1.67. The summed E-state index contributed by atoms with van der Waals surface area (Å²) < 4.78 is 4.86. The number of rotatable bonds is 3. The molecule has 2 rings (SSSR count). The number of hydrogen-bond acceptors (Lipinski definition) is 4. The smallest absolute Gasteiger partial charge is 0.229 e. The first-order valence-electron chi connectivity index (χ1n) is 5.11. The molecular weight excluding hydrogens is 202 g/mol. The standard InChI is InChI=1S/C12H15N3O/c1-15(2)8-9-4-3-5-10(6-9)11-7-14-16-12(11)13/h3-7H,8,13H2,1-2H3. The highest BCUT2D eigenvalue weighted by Gasteiger charge is 2.07. The van der Waals surface area contributed by atoms with Crippen molar-refractivity contribution in [1.29, 1.82) is 0 Å². The number of anilines is 1. The number of benzene rings is 1. The van der Waals surface area contributed by atoms with Crippen molar-refractivity contribution in [2.24, 2.45) is 0 Å². The summed E-state index contributed by atoms with van der Waals surface area (Å²) in [6.07, 6.45) is 1.64. The summed E-state index contributed by atoms with van der Waals surface area (Å²) in [5.74, 6) is 0.363. The third kappa shape index (κ3) is 2.23. The summed E-state index contributed by atoms with van der Waals surface area (Å²) in [6, 6.07) is 8.21. The Balaban J connectivity index is 2.33. The maximum absolute atomic E-state index is 5.68. The third-order valence-electron chi connectivity index (χ3n) is 2.34. The molecule has 0 bridgehead atoms. The van der Waals surface area contributed by atoms with Gasteiger partial charge >= 0.3 is 0 Å². The highest BCUT2D eigenvalue weighted by atomic mass is 16.5. The zero-order chi connectivity index (χ0) is 11.5. The molecule has 1 heterocycles. The fourth-order valence-electron chi connectivity index (χ4n) is 1.67. The van der Waals surface area contributed by atoms with Gasteiger partial charge < -0.3 is 15.2 Å². The SMILES string of the molecule is CN(C)Cc1cccc(-c2cnoc2N)c1. The second-order valence-electron chi connectivity index (χ2n) is 4.04. The summed E-state index contributed by atoms with van der Waals surface area (Å²) in [4.78, 5) is 2.12. The molecule has 0 atom stereocenters. The molecule has 4 heteroatoms. The van der Waals surface area contributed by atoms with Crippen molar-refractivity contribution in [1.82, 2.24) is 10.1 Å². The Labute approximate surface area is 94.6 Å². The van der Waals surface area contributed by atoms with Crippen LogP contribution in [0.15, 0.2) is 35.0 Å². The molecule has 0 fully saturated rings. The van der Waals surface area contributed by atoms with Gasteiger partial charge in [-0.25, -0.2) is 0 Å². The Morgan fingerprint density at radius 2 is 2.19 bits per heavy atom. The lowest BCUT2D eigenvalue weighted by atomic mass is 10.1. The van der Waals surface area contributed by atoms with Gasteiger partial charge in [-0.05, 0) is 31.3 Å². The van der Waals surface area contributed by atoms with Crippen molar-refractivity contribution in [2.75, 3.05) is 19.8 Å². The number of hydrogen-bond donors (Lipinski definition) is 1. The maximum Gasteiger partial charge on any atom is 0.229 e. The lowest BCUT2D eigenvalue weighted by molar-refractivity contribution is 0.402. The van der Waals surface area contributed by atoms with Crippen LogP contribution in [0.2, 0.25) is 0 Å². The van der Waals surface area contributed by atoms with Gasteiger partial charge in [0.2, 0.25) is 5.88 Å². The molecule has 0 unspecified atom stereocenters. The summed E-state index contributed by atoms with van der Waals surface area (Å²) in [6.45, 7) is 0.902. The summed E-state index contributed by atoms with van der Waals surface area (Å²) in [5.41, 5.74) is 8.81. The van der Waals surface area contributed by atoms with E-state index in [0.717, 1.165) is 17.7 Å². The molecular formula is C12H15N3O. The van der Waals surface area contributed by atoms with Gasteiger partial charge in [-0.1, -0.05) is 23.4 Å². The molecule has 0 spiro atoms. The van der Waals surface area contributed by atoms with E-state index >= 15 is 0 Å². The first-order chi connectivity index (χ1) is 7.66. The van der Waals surface area contributed by atoms with Gasteiger partial charge in [0.05, 0.1) is 11.8 Å². The molecule has 0 saturated carbocycles. The molecule has 2 aromatic rings. The van der Waals surface area contributed by atoms with Gasteiger partial charge in [-0.2, -0.15) is 0 Å². The molecule has 0 aliphatic heterocycles. The zero-order valence-electron chi connectivity index (χ0n) is 9.47. The normalized spacial score (nSPS) is 10.9. The van der Waals surface area contributed by atoms with E-state index in [9.17, 15) is 0 Å². The van der Waals surface area contributed by atoms with Crippen LogP contribution in [0.3, 0.4) is 0 Å². The lowest BCUT2D eigenvalue weighted by Gasteiger charge is -2.10. The highest BCUT2D eigenvalue weighted by Crippen LogP contribution is 2.26. The average molecular weight is 217 g/mol. The molecule has 0 aliphatic rings. The van der Waals surface area contributed by atoms with Gasteiger partial charge in [0, 0.05) is 6.54 Å². The number of nitrogen functional groups attached to an aromatic ring is 1. The van der Waals surface area contributed by atoms with Gasteiger partial charge in [0.15, 0.2) is 0 Å². The molecule has 0 amide bonds. The first kappa shape index (κ1) is 10.7. The highest BCUT2D eigenvalue weighted by molar-refractivity contribution is 5.72. The van der Waals surface area contributed by atoms with Gasteiger partial charge in [-0.3, -0.25) is 0 Å². The Kier molecular flexibility index (Phi) is 2.92. The molecule has 0 aliphatic carbocycles. The minimum absolute atomic E-state index is 0.363. The van der Waals surface area contributed by atoms with Crippen LogP contribution in [0.1, 0.15) is 5.56 Å². The Morgan fingerprint density at radius 1 is 1.38 bits per heavy atom. The van der Waals surface area contributed by atoms with Gasteiger partial charge in [-0.15, -0.1) is 0 Å². The minimum Gasteiger partial charge on any atom is -0.367 e. The predicted octanol–water partition coefficient (Wildman–Crippen LogP) is 1.99. The van der Waals surface area contributed by atoms with E-state index in [1.807, 2.05) is 26.2 Å². The zero-order valence-corrected chi connectivity index (χ0v) is 9.47. The second-order valence-corrected chi connectivity index (χ2v) is 4.04. The van der Waals surface area contributed by atoms with Crippen LogP contribution >= 0.6 is 0 Å². The van der Waals surface area contributed by atoms with Crippen molar-refractivity contribution in [3.63, 3.8) is 0 Å². The van der Waals surface area contributed by atoms with Crippen molar-refractivity contribution < 1.29 is 4.52 Å². The van der Waals surface area contributed by atoms with Crippen molar-refractivity contribution >= 4 is 5.88 Å². The molecule has 84 valence electrons. The quantitative estimate of drug-likeness (QED) is 0.854. The van der Waals surface area contributed by atoms with E-state index in [4.69, 9.17) is 10.3 Å². The molecule has 0 radical (unpaired) electrons. The van der Waals surface area contributed by atoms with Crippen LogP contribution in [0, 0.1) is 0 Å². The Morgan fingerprint density at radius 3 is 2.81 bits per heavy atom. The van der Waals surface area contributed by atoms with Crippen LogP contribution in [-0.4, -0.2) is 24.2 Å². The van der Waals surface area contributed by atoms with Crippen LogP contribution in [0.4, 0.5) is 5.88 Å². The topological polar surface area (TPSA) is 55.3 Å². The fraction of sp³-hybridized carbons (Fsp3) is 0.250. The largest absolute Gasteiger partial charge is 0.367 e. The molecule has 1 aromatic heterocycles. The van der Waals surface area contributed by atoms with Crippen molar-refractivity contribution in [3.05, 3.63) is 36.0 Å². The van der Waals surface area contributed by atoms with Crippen molar-refractivity contribution in [3.8, 4) is 11.1 Å². The van der Waals surface area contributed by atoms with Gasteiger partial charge in [0.25, 0.3) is 0 Å². The van der Waals surface area contributed by atoms with Gasteiger partial charge in [0.1, 0.15) is 0 Å². The molecule has 0 saturated heterocycles. The van der Waals surface area contributed by atoms with E-state index in [2.05, 4.69) is 22.2 Å². The number of aromatic nitrogens is 1. The molecule has 1 aromatic carbocycles. The van der Waals surface area contributed by atoms with E-state index in [0.29, 0.717) is 5.88 Å². The Bertz CT molecular complexity index is 477. The Hall–Kier alpha value is -1.81. The summed E-state index contributed by atoms with van der Waals surface area (Å²) in [7, 11) is 4.08. The molecule has 2 N–H and O–H groups in total. The molecule has 16 heavy (non-hydrogen) atoms. The van der Waals surface area contributed by atoms with Crippen LogP contribution < -0.4 is 5.73 Å². The predicted molar refractivity (Wildman–Crippen MR) is 63.7 cm³/mol. The maximum atomic E-state index is 5.68. The summed E-state index contributed by atoms with van der Waals surface area (Å²) >= 11 is 0. The van der Waals surface area contributed by atoms with Crippen molar-refractivity contribution in [2.45, 2.75) is 6.54 Å². The third-order valence-corrected chi connectivity index (χ3v) is 2.34. The van der Waals surface area contributed by atoms with Crippen LogP contribution in [0.25, 0.3) is 11.1 Å². The van der Waals surface area contributed by atoms with E-state index in [-0.39, 0.29) is 0 Å². The second kappa shape index (κ2) is 4.37. The lowest BCUT2D eigenvalue weighted by Crippen LogP contribution is -2.10. The van der Waals surface area contributed by atoms with E-state index < -0.39 is 0 Å². The van der Waals surface area contributed by atoms with E-state index in [1.54, 1.807) is 6.20 Å². The summed E-state index contributed by atoms with van der Waals surface area (Å²) in [5, 5.41) is 3.68. The number of nitrogens with two attached hydrogens (primary N) is 1. The monoisotopic (exact) mass is 217 g/mol. The molecule has 4 nitrogen and oxygen atoms in total. The van der Waals surface area contributed by atoms with Crippen LogP contribution in [-0.2, 0) is 6.54 Å². The van der Waals surface area contributed by atoms with Crippen LogP contribution in [0.5, 0.6) is 0 Å². The first-order valence-corrected chi connectivity index (χ1v) is 5.11. The van der Waals surface area contributed by atoms with E-state index in [1.165, 1.54) is 5.56 Å².